The van der Waals surface area contributed by atoms with Crippen LogP contribution in [0.15, 0.2) is 18.2 Å². The number of carbonyl (C=O) groups is 2. The number of hydrogen-bond acceptors (Lipinski definition) is 5. The van der Waals surface area contributed by atoms with Gasteiger partial charge in [-0.15, -0.1) is 0 Å². The zero-order valence-electron chi connectivity index (χ0n) is 13.2. The van der Waals surface area contributed by atoms with E-state index in [-0.39, 0.29) is 25.0 Å². The molecule has 0 aliphatic heterocycles. The van der Waals surface area contributed by atoms with Gasteiger partial charge >= 0.3 is 11.9 Å². The Kier molecular flexibility index (Phi) is 7.22. The van der Waals surface area contributed by atoms with E-state index >= 15 is 0 Å². The van der Waals surface area contributed by atoms with E-state index < -0.39 is 5.97 Å². The Bertz CT molecular complexity index is 513. The third-order valence-electron chi connectivity index (χ3n) is 2.72. The van der Waals surface area contributed by atoms with Crippen molar-refractivity contribution >= 4 is 17.6 Å². The van der Waals surface area contributed by atoms with Crippen molar-refractivity contribution in [3.8, 4) is 5.75 Å². The largest absolute Gasteiger partial charge is 0.491 e. The average molecular weight is 309 g/mol. The minimum atomic E-state index is -0.840. The Hall–Kier alpha value is -2.24. The summed E-state index contributed by atoms with van der Waals surface area (Å²) in [5.41, 5.74) is 1.65. The molecule has 0 radical (unpaired) electrons. The van der Waals surface area contributed by atoms with Gasteiger partial charge in [-0.3, -0.25) is 9.59 Å². The molecule has 2 N–H and O–H groups in total. The lowest BCUT2D eigenvalue weighted by molar-refractivity contribution is -0.142. The molecule has 0 amide bonds. The van der Waals surface area contributed by atoms with E-state index in [4.69, 9.17) is 14.6 Å². The number of carbonyl (C=O) groups excluding carboxylic acids is 1. The standard InChI is InChI=1S/C16H23NO5/c1-11(2)17-14-7-6-13(10-22-12(3)18)9-15(14)21-8-4-5-16(19)20/h6-7,9,11,17H,4-5,8,10H2,1-3H3,(H,19,20). The molecule has 1 rings (SSSR count). The van der Waals surface area contributed by atoms with E-state index in [1.165, 1.54) is 6.92 Å². The molecule has 0 unspecified atom stereocenters. The Labute approximate surface area is 130 Å². The zero-order chi connectivity index (χ0) is 16.5. The third-order valence-corrected chi connectivity index (χ3v) is 2.72. The van der Waals surface area contributed by atoms with Gasteiger partial charge in [-0.25, -0.2) is 0 Å². The number of nitrogens with one attached hydrogen (secondary N) is 1. The van der Waals surface area contributed by atoms with E-state index in [0.717, 1.165) is 11.3 Å². The first-order valence-corrected chi connectivity index (χ1v) is 7.26. The van der Waals surface area contributed by atoms with Gasteiger partial charge in [0.1, 0.15) is 12.4 Å². The van der Waals surface area contributed by atoms with Crippen LogP contribution in [0.25, 0.3) is 0 Å². The number of hydrogen-bond donors (Lipinski definition) is 2. The molecule has 0 saturated heterocycles. The average Bonchev–Trinajstić information content (AvgIpc) is 2.42. The maximum atomic E-state index is 10.9. The molecule has 22 heavy (non-hydrogen) atoms. The summed E-state index contributed by atoms with van der Waals surface area (Å²) in [7, 11) is 0. The number of ether oxygens (including phenoxy) is 2. The lowest BCUT2D eigenvalue weighted by Crippen LogP contribution is -2.12. The molecule has 0 atom stereocenters. The molecule has 0 bridgehead atoms. The fraction of sp³-hybridized carbons (Fsp3) is 0.500. The molecule has 0 aliphatic rings. The highest BCUT2D eigenvalue weighted by molar-refractivity contribution is 5.66. The fourth-order valence-corrected chi connectivity index (χ4v) is 1.80. The number of carboxylic acid groups (broad SMARTS) is 1. The summed E-state index contributed by atoms with van der Waals surface area (Å²) >= 11 is 0. The van der Waals surface area contributed by atoms with E-state index in [1.54, 1.807) is 6.07 Å². The highest BCUT2D eigenvalue weighted by Crippen LogP contribution is 2.27. The van der Waals surface area contributed by atoms with Gasteiger partial charge < -0.3 is 19.9 Å². The minimum Gasteiger partial charge on any atom is -0.491 e. The van der Waals surface area contributed by atoms with E-state index in [0.29, 0.717) is 18.8 Å². The van der Waals surface area contributed by atoms with Crippen molar-refractivity contribution < 1.29 is 24.2 Å². The number of aliphatic carboxylic acids is 1. The van der Waals surface area contributed by atoms with Crippen LogP contribution in [0.3, 0.4) is 0 Å². The highest BCUT2D eigenvalue weighted by Gasteiger charge is 2.08. The number of rotatable bonds is 9. The summed E-state index contributed by atoms with van der Waals surface area (Å²) in [6, 6.07) is 5.76. The predicted molar refractivity (Wildman–Crippen MR) is 83.0 cm³/mol. The first kappa shape index (κ1) is 17.8. The molecule has 0 aliphatic carbocycles. The quantitative estimate of drug-likeness (QED) is 0.539. The Balaban J connectivity index is 2.74. The van der Waals surface area contributed by atoms with Crippen molar-refractivity contribution in [1.29, 1.82) is 0 Å². The van der Waals surface area contributed by atoms with Gasteiger partial charge in [0.2, 0.25) is 0 Å². The fourth-order valence-electron chi connectivity index (χ4n) is 1.80. The van der Waals surface area contributed by atoms with Gasteiger partial charge in [-0.2, -0.15) is 0 Å². The molecule has 1 aromatic rings. The summed E-state index contributed by atoms with van der Waals surface area (Å²) in [5, 5.41) is 11.9. The molecular weight excluding hydrogens is 286 g/mol. The van der Waals surface area contributed by atoms with Crippen molar-refractivity contribution in [3.05, 3.63) is 23.8 Å². The molecule has 0 saturated carbocycles. The lowest BCUT2D eigenvalue weighted by atomic mass is 10.2. The topological polar surface area (TPSA) is 84.9 Å². The van der Waals surface area contributed by atoms with Crippen LogP contribution in [-0.2, 0) is 20.9 Å². The van der Waals surface area contributed by atoms with Crippen LogP contribution < -0.4 is 10.1 Å². The van der Waals surface area contributed by atoms with Crippen LogP contribution in [0.1, 0.15) is 39.2 Å². The van der Waals surface area contributed by atoms with E-state index in [9.17, 15) is 9.59 Å². The first-order chi connectivity index (χ1) is 10.4. The summed E-state index contributed by atoms with van der Waals surface area (Å²) in [5.74, 6) is -0.551. The molecule has 0 aromatic heterocycles. The minimum absolute atomic E-state index is 0.0695. The number of carboxylic acids is 1. The van der Waals surface area contributed by atoms with E-state index in [1.807, 2.05) is 26.0 Å². The van der Waals surface area contributed by atoms with Crippen LogP contribution in [0.5, 0.6) is 5.75 Å². The smallest absolute Gasteiger partial charge is 0.303 e. The van der Waals surface area contributed by atoms with Crippen LogP contribution in [-0.4, -0.2) is 29.7 Å². The molecule has 6 nitrogen and oxygen atoms in total. The zero-order valence-corrected chi connectivity index (χ0v) is 13.2. The Morgan fingerprint density at radius 1 is 1.32 bits per heavy atom. The van der Waals surface area contributed by atoms with Crippen molar-refractivity contribution in [2.45, 2.75) is 46.3 Å². The van der Waals surface area contributed by atoms with Gasteiger partial charge in [-0.1, -0.05) is 6.07 Å². The van der Waals surface area contributed by atoms with Crippen LogP contribution >= 0.6 is 0 Å². The van der Waals surface area contributed by atoms with Crippen molar-refractivity contribution in [3.63, 3.8) is 0 Å². The third kappa shape index (κ3) is 6.97. The van der Waals surface area contributed by atoms with E-state index in [2.05, 4.69) is 5.32 Å². The first-order valence-electron chi connectivity index (χ1n) is 7.26. The second-order valence-corrected chi connectivity index (χ2v) is 5.26. The monoisotopic (exact) mass is 309 g/mol. The SMILES string of the molecule is CC(=O)OCc1ccc(NC(C)C)c(OCCCC(=O)O)c1. The maximum Gasteiger partial charge on any atom is 0.303 e. The molecule has 122 valence electrons. The Morgan fingerprint density at radius 3 is 2.64 bits per heavy atom. The molecule has 1 aromatic carbocycles. The number of benzene rings is 1. The van der Waals surface area contributed by atoms with Crippen molar-refractivity contribution in [2.24, 2.45) is 0 Å². The van der Waals surface area contributed by atoms with Crippen LogP contribution in [0, 0.1) is 0 Å². The van der Waals surface area contributed by atoms with Crippen LogP contribution in [0.4, 0.5) is 5.69 Å². The summed E-state index contributed by atoms with van der Waals surface area (Å²) in [4.78, 5) is 21.4. The highest BCUT2D eigenvalue weighted by atomic mass is 16.5. The Morgan fingerprint density at radius 2 is 2.05 bits per heavy atom. The van der Waals surface area contributed by atoms with Crippen LogP contribution in [0.2, 0.25) is 0 Å². The van der Waals surface area contributed by atoms with Gasteiger partial charge in [0.25, 0.3) is 0 Å². The maximum absolute atomic E-state index is 10.9. The second-order valence-electron chi connectivity index (χ2n) is 5.26. The second kappa shape index (κ2) is 8.92. The van der Waals surface area contributed by atoms with Gasteiger partial charge in [0.05, 0.1) is 12.3 Å². The molecule has 0 fully saturated rings. The van der Waals surface area contributed by atoms with Crippen molar-refractivity contribution in [2.75, 3.05) is 11.9 Å². The summed E-state index contributed by atoms with van der Waals surface area (Å²) in [6.45, 7) is 5.89. The molecular formula is C16H23NO5. The molecule has 6 heteroatoms. The predicted octanol–water partition coefficient (Wildman–Crippen LogP) is 2.81. The van der Waals surface area contributed by atoms with Gasteiger partial charge in [-0.05, 0) is 38.0 Å². The lowest BCUT2D eigenvalue weighted by Gasteiger charge is -2.16. The molecule has 0 spiro atoms. The van der Waals surface area contributed by atoms with Gasteiger partial charge in [0, 0.05) is 19.4 Å². The molecule has 0 heterocycles. The summed E-state index contributed by atoms with van der Waals surface area (Å²) < 4.78 is 10.6. The van der Waals surface area contributed by atoms with Crippen molar-refractivity contribution in [1.82, 2.24) is 0 Å². The number of anilines is 1. The van der Waals surface area contributed by atoms with Gasteiger partial charge in [0.15, 0.2) is 0 Å². The number of esters is 1. The normalized spacial score (nSPS) is 10.4. The summed E-state index contributed by atoms with van der Waals surface area (Å²) in [6.07, 6.45) is 0.505.